The first kappa shape index (κ1) is 17.4. The molecule has 0 bridgehead atoms. The molecule has 0 fully saturated rings. The Bertz CT molecular complexity index is 657. The maximum Gasteiger partial charge on any atom is 0.317 e. The number of nitrogens with one attached hydrogen (secondary N) is 1. The Morgan fingerprint density at radius 1 is 1.13 bits per heavy atom. The molecule has 0 aliphatic rings. The molecule has 6 heteroatoms. The summed E-state index contributed by atoms with van der Waals surface area (Å²) in [6.45, 7) is 0.620. The molecule has 3 nitrogen and oxygen atoms in total. The van der Waals surface area contributed by atoms with Crippen molar-refractivity contribution in [3.63, 3.8) is 0 Å². The van der Waals surface area contributed by atoms with Crippen LogP contribution >= 0.6 is 15.9 Å². The minimum atomic E-state index is -0.595. The number of urea groups is 1. The summed E-state index contributed by atoms with van der Waals surface area (Å²) in [5, 5.41) is 2.66. The summed E-state index contributed by atoms with van der Waals surface area (Å²) in [5.74, 6) is -1.19. The molecule has 0 heterocycles. The van der Waals surface area contributed by atoms with E-state index in [9.17, 15) is 13.6 Å². The summed E-state index contributed by atoms with van der Waals surface area (Å²) in [5.41, 5.74) is 0.981. The van der Waals surface area contributed by atoms with Crippen LogP contribution in [0.25, 0.3) is 0 Å². The predicted octanol–water partition coefficient (Wildman–Crippen LogP) is 4.11. The molecule has 2 amide bonds. The second kappa shape index (κ2) is 8.06. The van der Waals surface area contributed by atoms with Crippen LogP contribution in [0.2, 0.25) is 0 Å². The quantitative estimate of drug-likeness (QED) is 0.828. The van der Waals surface area contributed by atoms with E-state index in [-0.39, 0.29) is 24.6 Å². The molecule has 2 rings (SSSR count). The molecule has 2 aromatic rings. The lowest BCUT2D eigenvalue weighted by Gasteiger charge is -2.18. The zero-order chi connectivity index (χ0) is 16.8. The first-order valence-electron chi connectivity index (χ1n) is 7.13. The minimum Gasteiger partial charge on any atom is -0.338 e. The third kappa shape index (κ3) is 5.03. The highest BCUT2D eigenvalue weighted by Gasteiger charge is 2.11. The third-order valence-electron chi connectivity index (χ3n) is 3.39. The Morgan fingerprint density at radius 2 is 1.74 bits per heavy atom. The number of amides is 2. The first-order valence-corrected chi connectivity index (χ1v) is 7.93. The van der Waals surface area contributed by atoms with Gasteiger partial charge in [0.2, 0.25) is 0 Å². The molecule has 0 saturated heterocycles. The fourth-order valence-electron chi connectivity index (χ4n) is 2.14. The van der Waals surface area contributed by atoms with Crippen LogP contribution in [0.3, 0.4) is 0 Å². The van der Waals surface area contributed by atoms with Crippen LogP contribution in [0.15, 0.2) is 46.9 Å². The van der Waals surface area contributed by atoms with Gasteiger partial charge in [-0.05, 0) is 36.2 Å². The van der Waals surface area contributed by atoms with Gasteiger partial charge in [-0.25, -0.2) is 13.6 Å². The lowest BCUT2D eigenvalue weighted by Crippen LogP contribution is -2.37. The standard InChI is InChI=1S/C17H17BrF2N2O/c1-22(11-12-5-7-13(18)8-6-12)17(23)21-10-9-14-15(19)3-2-4-16(14)20/h2-8H,9-11H2,1H3,(H,21,23). The van der Waals surface area contributed by atoms with Gasteiger partial charge in [-0.2, -0.15) is 0 Å². The van der Waals surface area contributed by atoms with Gasteiger partial charge in [0, 0.05) is 30.2 Å². The van der Waals surface area contributed by atoms with E-state index in [1.54, 1.807) is 7.05 Å². The second-order valence-corrected chi connectivity index (χ2v) is 6.08. The Labute approximate surface area is 142 Å². The average Bonchev–Trinajstić information content (AvgIpc) is 2.52. The zero-order valence-corrected chi connectivity index (χ0v) is 14.2. The van der Waals surface area contributed by atoms with Crippen molar-refractivity contribution in [2.24, 2.45) is 0 Å². The van der Waals surface area contributed by atoms with Crippen LogP contribution in [0.4, 0.5) is 13.6 Å². The maximum absolute atomic E-state index is 13.5. The molecule has 2 aromatic carbocycles. The number of rotatable bonds is 5. The average molecular weight is 383 g/mol. The number of halogens is 3. The third-order valence-corrected chi connectivity index (χ3v) is 3.92. The van der Waals surface area contributed by atoms with Gasteiger partial charge in [-0.1, -0.05) is 34.1 Å². The number of hydrogen-bond acceptors (Lipinski definition) is 1. The van der Waals surface area contributed by atoms with E-state index in [0.29, 0.717) is 6.54 Å². The summed E-state index contributed by atoms with van der Waals surface area (Å²) < 4.78 is 27.9. The first-order chi connectivity index (χ1) is 11.0. The molecule has 1 N–H and O–H groups in total. The Hall–Kier alpha value is -1.95. The number of hydrogen-bond donors (Lipinski definition) is 1. The molecule has 0 spiro atoms. The Kier molecular flexibility index (Phi) is 6.10. The van der Waals surface area contributed by atoms with Crippen molar-refractivity contribution in [1.82, 2.24) is 10.2 Å². The van der Waals surface area contributed by atoms with Gasteiger partial charge < -0.3 is 10.2 Å². The van der Waals surface area contributed by atoms with Gasteiger partial charge >= 0.3 is 6.03 Å². The summed E-state index contributed by atoms with van der Waals surface area (Å²) in [7, 11) is 1.67. The van der Waals surface area contributed by atoms with Crippen molar-refractivity contribution in [2.75, 3.05) is 13.6 Å². The number of benzene rings is 2. The fraction of sp³-hybridized carbons (Fsp3) is 0.235. The van der Waals surface area contributed by atoms with Crippen molar-refractivity contribution < 1.29 is 13.6 Å². The number of nitrogens with zero attached hydrogens (tertiary/aromatic N) is 1. The summed E-state index contributed by atoms with van der Waals surface area (Å²) in [6.07, 6.45) is 0.108. The number of carbonyl (C=O) groups is 1. The van der Waals surface area contributed by atoms with Crippen molar-refractivity contribution in [3.05, 3.63) is 69.7 Å². The van der Waals surface area contributed by atoms with E-state index in [1.807, 2.05) is 24.3 Å². The van der Waals surface area contributed by atoms with E-state index in [2.05, 4.69) is 21.2 Å². The summed E-state index contributed by atoms with van der Waals surface area (Å²) in [6, 6.07) is 11.1. The van der Waals surface area contributed by atoms with Crippen molar-refractivity contribution >= 4 is 22.0 Å². The second-order valence-electron chi connectivity index (χ2n) is 5.16. The minimum absolute atomic E-state index is 0.0108. The SMILES string of the molecule is CN(Cc1ccc(Br)cc1)C(=O)NCCc1c(F)cccc1F. The predicted molar refractivity (Wildman–Crippen MR) is 89.1 cm³/mol. The lowest BCUT2D eigenvalue weighted by molar-refractivity contribution is 0.207. The fourth-order valence-corrected chi connectivity index (χ4v) is 2.40. The monoisotopic (exact) mass is 382 g/mol. The van der Waals surface area contributed by atoms with E-state index in [1.165, 1.54) is 23.1 Å². The van der Waals surface area contributed by atoms with Gasteiger partial charge in [0.25, 0.3) is 0 Å². The molecule has 0 saturated carbocycles. The van der Waals surface area contributed by atoms with E-state index >= 15 is 0 Å². The van der Waals surface area contributed by atoms with Gasteiger partial charge in [-0.3, -0.25) is 0 Å². The highest BCUT2D eigenvalue weighted by atomic mass is 79.9. The van der Waals surface area contributed by atoms with Crippen LogP contribution in [-0.4, -0.2) is 24.5 Å². The summed E-state index contributed by atoms with van der Waals surface area (Å²) in [4.78, 5) is 13.5. The zero-order valence-electron chi connectivity index (χ0n) is 12.7. The van der Waals surface area contributed by atoms with Gasteiger partial charge in [-0.15, -0.1) is 0 Å². The molecular formula is C17H17BrF2N2O. The van der Waals surface area contributed by atoms with Crippen molar-refractivity contribution in [3.8, 4) is 0 Å². The molecule has 0 aliphatic heterocycles. The highest BCUT2D eigenvalue weighted by molar-refractivity contribution is 9.10. The van der Waals surface area contributed by atoms with Crippen LogP contribution in [-0.2, 0) is 13.0 Å². The topological polar surface area (TPSA) is 32.3 Å². The van der Waals surface area contributed by atoms with Crippen LogP contribution in [0.1, 0.15) is 11.1 Å². The van der Waals surface area contributed by atoms with Gasteiger partial charge in [0.1, 0.15) is 11.6 Å². The molecule has 0 unspecified atom stereocenters. The van der Waals surface area contributed by atoms with Gasteiger partial charge in [0.05, 0.1) is 0 Å². The molecule has 0 atom stereocenters. The van der Waals surface area contributed by atoms with E-state index < -0.39 is 11.6 Å². The van der Waals surface area contributed by atoms with Crippen molar-refractivity contribution in [2.45, 2.75) is 13.0 Å². The molecule has 0 radical (unpaired) electrons. The van der Waals surface area contributed by atoms with Crippen LogP contribution in [0, 0.1) is 11.6 Å². The van der Waals surface area contributed by atoms with Crippen molar-refractivity contribution in [1.29, 1.82) is 0 Å². The van der Waals surface area contributed by atoms with E-state index in [0.717, 1.165) is 10.0 Å². The summed E-state index contributed by atoms with van der Waals surface area (Å²) >= 11 is 3.35. The Morgan fingerprint density at radius 3 is 2.35 bits per heavy atom. The normalized spacial score (nSPS) is 10.4. The molecule has 122 valence electrons. The molecule has 23 heavy (non-hydrogen) atoms. The molecular weight excluding hydrogens is 366 g/mol. The van der Waals surface area contributed by atoms with Crippen LogP contribution in [0.5, 0.6) is 0 Å². The Balaban J connectivity index is 1.83. The van der Waals surface area contributed by atoms with Crippen LogP contribution < -0.4 is 5.32 Å². The largest absolute Gasteiger partial charge is 0.338 e. The highest BCUT2D eigenvalue weighted by Crippen LogP contribution is 2.13. The molecule has 0 aliphatic carbocycles. The maximum atomic E-state index is 13.5. The van der Waals surface area contributed by atoms with E-state index in [4.69, 9.17) is 0 Å². The lowest BCUT2D eigenvalue weighted by atomic mass is 10.1. The van der Waals surface area contributed by atoms with Gasteiger partial charge in [0.15, 0.2) is 0 Å². The smallest absolute Gasteiger partial charge is 0.317 e. The molecule has 0 aromatic heterocycles. The number of carbonyl (C=O) groups excluding carboxylic acids is 1.